The van der Waals surface area contributed by atoms with Crippen molar-refractivity contribution in [1.29, 1.82) is 0 Å². The molecule has 2 aromatic carbocycles. The second-order valence-electron chi connectivity index (χ2n) is 4.91. The molecule has 2 heteroatoms. The van der Waals surface area contributed by atoms with Gasteiger partial charge in [-0.1, -0.05) is 42.5 Å². The van der Waals surface area contributed by atoms with E-state index in [-0.39, 0.29) is 0 Å². The molecule has 0 radical (unpaired) electrons. The number of nitrogens with zero attached hydrogens (tertiary/aromatic N) is 1. The number of carbonyl (C=O) groups is 1. The maximum absolute atomic E-state index is 11.9. The molecular formula is C16H17NO. The van der Waals surface area contributed by atoms with E-state index in [1.54, 1.807) is 0 Å². The van der Waals surface area contributed by atoms with Crippen molar-refractivity contribution >= 4 is 16.7 Å². The van der Waals surface area contributed by atoms with Crippen molar-refractivity contribution in [2.24, 2.45) is 0 Å². The third-order valence-corrected chi connectivity index (χ3v) is 3.66. The van der Waals surface area contributed by atoms with Gasteiger partial charge in [0.25, 0.3) is 0 Å². The summed E-state index contributed by atoms with van der Waals surface area (Å²) in [4.78, 5) is 13.9. The smallest absolute Gasteiger partial charge is 0.222 e. The molecule has 2 aromatic rings. The summed E-state index contributed by atoms with van der Waals surface area (Å²) in [5.41, 5.74) is 1.25. The molecular weight excluding hydrogens is 222 g/mol. The van der Waals surface area contributed by atoms with E-state index >= 15 is 0 Å². The van der Waals surface area contributed by atoms with Crippen LogP contribution in [-0.4, -0.2) is 17.4 Å². The van der Waals surface area contributed by atoms with Gasteiger partial charge in [0.15, 0.2) is 0 Å². The Morgan fingerprint density at radius 3 is 2.72 bits per heavy atom. The molecule has 0 aliphatic carbocycles. The third kappa shape index (κ3) is 2.10. The van der Waals surface area contributed by atoms with Crippen LogP contribution in [0.3, 0.4) is 0 Å². The van der Waals surface area contributed by atoms with Gasteiger partial charge in [-0.25, -0.2) is 0 Å². The number of piperidine rings is 1. The topological polar surface area (TPSA) is 20.3 Å². The number of likely N-dealkylation sites (tertiary alicyclic amines) is 1. The molecule has 0 unspecified atom stereocenters. The molecule has 0 aromatic heterocycles. The number of amides is 1. The lowest BCUT2D eigenvalue weighted by Gasteiger charge is -2.27. The lowest BCUT2D eigenvalue weighted by molar-refractivity contribution is -0.133. The van der Waals surface area contributed by atoms with Gasteiger partial charge in [-0.3, -0.25) is 4.79 Å². The van der Waals surface area contributed by atoms with Crippen molar-refractivity contribution in [3.63, 3.8) is 0 Å². The summed E-state index contributed by atoms with van der Waals surface area (Å²) in [7, 11) is 0. The van der Waals surface area contributed by atoms with E-state index in [2.05, 4.69) is 42.5 Å². The first-order valence-corrected chi connectivity index (χ1v) is 6.59. The predicted octanol–water partition coefficient (Wildman–Crippen LogP) is 3.35. The summed E-state index contributed by atoms with van der Waals surface area (Å²) in [6.07, 6.45) is 2.89. The molecule has 1 heterocycles. The van der Waals surface area contributed by atoms with E-state index in [4.69, 9.17) is 0 Å². The van der Waals surface area contributed by atoms with E-state index in [0.717, 1.165) is 25.9 Å². The quantitative estimate of drug-likeness (QED) is 0.787. The molecule has 1 amide bonds. The monoisotopic (exact) mass is 239 g/mol. The minimum absolute atomic E-state index is 0.300. The summed E-state index contributed by atoms with van der Waals surface area (Å²) in [6, 6.07) is 14.7. The Balaban J connectivity index is 1.92. The fourth-order valence-corrected chi connectivity index (χ4v) is 2.66. The zero-order valence-electron chi connectivity index (χ0n) is 10.4. The first-order chi connectivity index (χ1) is 8.84. The van der Waals surface area contributed by atoms with Crippen molar-refractivity contribution in [3.8, 4) is 0 Å². The van der Waals surface area contributed by atoms with Gasteiger partial charge in [0.2, 0.25) is 5.91 Å². The zero-order chi connectivity index (χ0) is 12.4. The van der Waals surface area contributed by atoms with Crippen LogP contribution in [0, 0.1) is 0 Å². The van der Waals surface area contributed by atoms with Crippen LogP contribution in [-0.2, 0) is 11.3 Å². The number of hydrogen-bond acceptors (Lipinski definition) is 1. The Hall–Kier alpha value is -1.83. The van der Waals surface area contributed by atoms with Crippen LogP contribution in [0.25, 0.3) is 10.8 Å². The number of rotatable bonds is 2. The highest BCUT2D eigenvalue weighted by Gasteiger charge is 2.18. The first-order valence-electron chi connectivity index (χ1n) is 6.59. The maximum atomic E-state index is 11.9. The van der Waals surface area contributed by atoms with Crippen LogP contribution in [0.4, 0.5) is 0 Å². The van der Waals surface area contributed by atoms with Gasteiger partial charge >= 0.3 is 0 Å². The molecule has 1 aliphatic rings. The Labute approximate surface area is 107 Å². The summed E-state index contributed by atoms with van der Waals surface area (Å²) in [5, 5.41) is 2.51. The van der Waals surface area contributed by atoms with Crippen molar-refractivity contribution in [3.05, 3.63) is 48.0 Å². The zero-order valence-corrected chi connectivity index (χ0v) is 10.4. The van der Waals surface area contributed by atoms with Gasteiger partial charge in [-0.15, -0.1) is 0 Å². The molecule has 0 saturated carbocycles. The predicted molar refractivity (Wildman–Crippen MR) is 73.2 cm³/mol. The normalized spacial score (nSPS) is 16.2. The lowest BCUT2D eigenvalue weighted by atomic mass is 10.0. The van der Waals surface area contributed by atoms with Crippen LogP contribution in [0.1, 0.15) is 24.8 Å². The molecule has 0 N–H and O–H groups in total. The Morgan fingerprint density at radius 2 is 1.83 bits per heavy atom. The van der Waals surface area contributed by atoms with Crippen LogP contribution in [0.2, 0.25) is 0 Å². The molecule has 1 aliphatic heterocycles. The van der Waals surface area contributed by atoms with Crippen LogP contribution < -0.4 is 0 Å². The average Bonchev–Trinajstić information content (AvgIpc) is 2.42. The highest BCUT2D eigenvalue weighted by molar-refractivity contribution is 5.86. The molecule has 3 rings (SSSR count). The van der Waals surface area contributed by atoms with E-state index in [1.807, 2.05) is 4.90 Å². The molecule has 1 saturated heterocycles. The molecule has 0 atom stereocenters. The third-order valence-electron chi connectivity index (χ3n) is 3.66. The summed E-state index contributed by atoms with van der Waals surface area (Å²) < 4.78 is 0. The van der Waals surface area contributed by atoms with Crippen molar-refractivity contribution in [2.45, 2.75) is 25.8 Å². The molecule has 1 fully saturated rings. The SMILES string of the molecule is O=C1CCCCN1Cc1cccc2ccccc12. The van der Waals surface area contributed by atoms with Crippen LogP contribution in [0.5, 0.6) is 0 Å². The highest BCUT2D eigenvalue weighted by atomic mass is 16.2. The number of fused-ring (bicyclic) bond motifs is 1. The maximum Gasteiger partial charge on any atom is 0.222 e. The second-order valence-corrected chi connectivity index (χ2v) is 4.91. The highest BCUT2D eigenvalue weighted by Crippen LogP contribution is 2.21. The van der Waals surface area contributed by atoms with E-state index in [1.165, 1.54) is 16.3 Å². The number of hydrogen-bond donors (Lipinski definition) is 0. The lowest BCUT2D eigenvalue weighted by Crippen LogP contribution is -2.34. The summed E-state index contributed by atoms with van der Waals surface area (Å²) in [6.45, 7) is 1.66. The number of benzene rings is 2. The molecule has 0 bridgehead atoms. The number of carbonyl (C=O) groups excluding carboxylic acids is 1. The Bertz CT molecular complexity index is 571. The van der Waals surface area contributed by atoms with Crippen molar-refractivity contribution < 1.29 is 4.79 Å². The van der Waals surface area contributed by atoms with Crippen molar-refractivity contribution in [2.75, 3.05) is 6.54 Å². The van der Waals surface area contributed by atoms with Gasteiger partial charge in [0.1, 0.15) is 0 Å². The van der Waals surface area contributed by atoms with Gasteiger partial charge in [-0.05, 0) is 29.2 Å². The van der Waals surface area contributed by atoms with Gasteiger partial charge < -0.3 is 4.90 Å². The molecule has 92 valence electrons. The minimum Gasteiger partial charge on any atom is -0.338 e. The van der Waals surface area contributed by atoms with Crippen LogP contribution in [0.15, 0.2) is 42.5 Å². The average molecular weight is 239 g/mol. The summed E-state index contributed by atoms with van der Waals surface area (Å²) >= 11 is 0. The van der Waals surface area contributed by atoms with E-state index in [0.29, 0.717) is 12.3 Å². The van der Waals surface area contributed by atoms with Gasteiger partial charge in [0.05, 0.1) is 0 Å². The summed E-state index contributed by atoms with van der Waals surface area (Å²) in [5.74, 6) is 0.300. The molecule has 18 heavy (non-hydrogen) atoms. The van der Waals surface area contributed by atoms with Crippen LogP contribution >= 0.6 is 0 Å². The molecule has 2 nitrogen and oxygen atoms in total. The van der Waals surface area contributed by atoms with E-state index < -0.39 is 0 Å². The van der Waals surface area contributed by atoms with E-state index in [9.17, 15) is 4.79 Å². The minimum atomic E-state index is 0.300. The van der Waals surface area contributed by atoms with Gasteiger partial charge in [0, 0.05) is 19.5 Å². The van der Waals surface area contributed by atoms with Crippen molar-refractivity contribution in [1.82, 2.24) is 4.90 Å². The second kappa shape index (κ2) is 4.81. The Morgan fingerprint density at radius 1 is 1.00 bits per heavy atom. The van der Waals surface area contributed by atoms with Gasteiger partial charge in [-0.2, -0.15) is 0 Å². The fourth-order valence-electron chi connectivity index (χ4n) is 2.66. The fraction of sp³-hybridized carbons (Fsp3) is 0.312. The standard InChI is InChI=1S/C16H17NO/c18-16-10-3-4-11-17(16)12-14-8-5-7-13-6-1-2-9-15(13)14/h1-2,5-9H,3-4,10-12H2. The first kappa shape index (κ1) is 11.3. The largest absolute Gasteiger partial charge is 0.338 e. The Kier molecular flexibility index (Phi) is 3.01. The molecule has 0 spiro atoms.